The molecule has 2 rings (SSSR count). The van der Waals surface area contributed by atoms with Gasteiger partial charge < -0.3 is 15.4 Å². The molecule has 6 nitrogen and oxygen atoms in total. The summed E-state index contributed by atoms with van der Waals surface area (Å²) in [5, 5.41) is 4.33. The lowest BCUT2D eigenvalue weighted by Gasteiger charge is -2.29. The van der Waals surface area contributed by atoms with E-state index in [9.17, 15) is 4.79 Å². The molecular weight excluding hydrogens is 232 g/mol. The molecule has 1 aromatic rings. The van der Waals surface area contributed by atoms with Gasteiger partial charge in [-0.25, -0.2) is 4.79 Å². The Balaban J connectivity index is 2.12. The van der Waals surface area contributed by atoms with Crippen LogP contribution in [0.1, 0.15) is 32.0 Å². The van der Waals surface area contributed by atoms with Crippen molar-refractivity contribution in [1.29, 1.82) is 0 Å². The van der Waals surface area contributed by atoms with E-state index in [-0.39, 0.29) is 6.09 Å². The summed E-state index contributed by atoms with van der Waals surface area (Å²) in [6.07, 6.45) is 0.427. The molecule has 2 N–H and O–H groups in total. The Bertz CT molecular complexity index is 473. The maximum atomic E-state index is 12.0. The molecule has 0 saturated heterocycles. The van der Waals surface area contributed by atoms with Crippen LogP contribution in [0.4, 0.5) is 10.6 Å². The average Bonchev–Trinajstić information content (AvgIpc) is 2.52. The van der Waals surface area contributed by atoms with E-state index in [4.69, 9.17) is 10.5 Å². The van der Waals surface area contributed by atoms with Crippen LogP contribution < -0.4 is 5.73 Å². The topological polar surface area (TPSA) is 73.4 Å². The number of nitrogens with two attached hydrogens (primary N) is 1. The van der Waals surface area contributed by atoms with Crippen LogP contribution in [0.25, 0.3) is 0 Å². The fraction of sp³-hybridized carbons (Fsp3) is 0.667. The maximum absolute atomic E-state index is 12.0. The predicted molar refractivity (Wildman–Crippen MR) is 68.0 cm³/mol. The smallest absolute Gasteiger partial charge is 0.410 e. The number of hydrogen-bond donors (Lipinski definition) is 1. The minimum Gasteiger partial charge on any atom is -0.444 e. The Morgan fingerprint density at radius 2 is 2.11 bits per heavy atom. The van der Waals surface area contributed by atoms with Crippen LogP contribution >= 0.6 is 0 Å². The molecule has 0 unspecified atom stereocenters. The molecule has 1 amide bonds. The summed E-state index contributed by atoms with van der Waals surface area (Å²) in [5.74, 6) is 0.623. The zero-order valence-corrected chi connectivity index (χ0v) is 11.4. The first-order valence-corrected chi connectivity index (χ1v) is 6.06. The Hall–Kier alpha value is -1.72. The summed E-state index contributed by atoms with van der Waals surface area (Å²) in [6, 6.07) is 0. The van der Waals surface area contributed by atoms with E-state index >= 15 is 0 Å². The van der Waals surface area contributed by atoms with Gasteiger partial charge in [0.15, 0.2) is 0 Å². The highest BCUT2D eigenvalue weighted by atomic mass is 16.6. The molecule has 1 aromatic heterocycles. The van der Waals surface area contributed by atoms with E-state index in [1.807, 2.05) is 27.8 Å². The van der Waals surface area contributed by atoms with Crippen LogP contribution in [0.15, 0.2) is 0 Å². The fourth-order valence-corrected chi connectivity index (χ4v) is 2.00. The summed E-state index contributed by atoms with van der Waals surface area (Å²) in [4.78, 5) is 13.6. The van der Waals surface area contributed by atoms with Crippen LogP contribution in [0.2, 0.25) is 0 Å². The van der Waals surface area contributed by atoms with Crippen molar-refractivity contribution in [3.05, 3.63) is 11.3 Å². The highest BCUT2D eigenvalue weighted by Gasteiger charge is 2.28. The molecule has 0 aliphatic carbocycles. The van der Waals surface area contributed by atoms with Crippen molar-refractivity contribution in [2.75, 3.05) is 12.3 Å². The minimum absolute atomic E-state index is 0.295. The molecule has 0 saturated carbocycles. The third-order valence-electron chi connectivity index (χ3n) is 2.90. The van der Waals surface area contributed by atoms with Gasteiger partial charge in [-0.1, -0.05) is 0 Å². The van der Waals surface area contributed by atoms with Crippen LogP contribution in [0.5, 0.6) is 0 Å². The number of aryl methyl sites for hydroxylation is 1. The number of aromatic nitrogens is 2. The first-order valence-electron chi connectivity index (χ1n) is 6.06. The number of amides is 1. The Kier molecular flexibility index (Phi) is 2.96. The Morgan fingerprint density at radius 3 is 2.72 bits per heavy atom. The Labute approximate surface area is 107 Å². The SMILES string of the molecule is Cn1nc2c(c1N)CN(C(=O)OC(C)(C)C)CC2. The monoisotopic (exact) mass is 252 g/mol. The molecule has 6 heteroatoms. The van der Waals surface area contributed by atoms with Crippen molar-refractivity contribution < 1.29 is 9.53 Å². The summed E-state index contributed by atoms with van der Waals surface area (Å²) in [6.45, 7) is 6.68. The number of nitrogen functional groups attached to an aromatic ring is 1. The molecular formula is C12H20N4O2. The van der Waals surface area contributed by atoms with Crippen molar-refractivity contribution in [1.82, 2.24) is 14.7 Å². The lowest BCUT2D eigenvalue weighted by atomic mass is 10.1. The fourth-order valence-electron chi connectivity index (χ4n) is 2.00. The van der Waals surface area contributed by atoms with Crippen LogP contribution in [0.3, 0.4) is 0 Å². The van der Waals surface area contributed by atoms with Gasteiger partial charge >= 0.3 is 6.09 Å². The number of carbonyl (C=O) groups is 1. The third-order valence-corrected chi connectivity index (χ3v) is 2.90. The number of ether oxygens (including phenoxy) is 1. The van der Waals surface area contributed by atoms with Crippen molar-refractivity contribution in [3.8, 4) is 0 Å². The standard InChI is InChI=1S/C12H20N4O2/c1-12(2,3)18-11(17)16-6-5-9-8(7-16)10(13)15(4)14-9/h5-7,13H2,1-4H3. The summed E-state index contributed by atoms with van der Waals surface area (Å²) in [7, 11) is 1.81. The summed E-state index contributed by atoms with van der Waals surface area (Å²) < 4.78 is 7.01. The second kappa shape index (κ2) is 4.19. The second-order valence-corrected chi connectivity index (χ2v) is 5.59. The lowest BCUT2D eigenvalue weighted by Crippen LogP contribution is -2.39. The van der Waals surface area contributed by atoms with Gasteiger partial charge in [-0.3, -0.25) is 4.68 Å². The van der Waals surface area contributed by atoms with E-state index in [1.165, 1.54) is 0 Å². The maximum Gasteiger partial charge on any atom is 0.410 e. The van der Waals surface area contributed by atoms with Crippen LogP contribution in [0, 0.1) is 0 Å². The minimum atomic E-state index is -0.474. The predicted octanol–water partition coefficient (Wildman–Crippen LogP) is 1.30. The molecule has 0 aromatic carbocycles. The van der Waals surface area contributed by atoms with Gasteiger partial charge in [-0.2, -0.15) is 5.10 Å². The van der Waals surface area contributed by atoms with E-state index in [0.717, 1.165) is 17.7 Å². The van der Waals surface area contributed by atoms with Crippen LogP contribution in [-0.2, 0) is 24.8 Å². The Morgan fingerprint density at radius 1 is 1.44 bits per heavy atom. The molecule has 1 aliphatic rings. The molecule has 2 heterocycles. The third kappa shape index (κ3) is 2.42. The molecule has 18 heavy (non-hydrogen) atoms. The quantitative estimate of drug-likeness (QED) is 0.755. The van der Waals surface area contributed by atoms with E-state index in [1.54, 1.807) is 9.58 Å². The van der Waals surface area contributed by atoms with Crippen LogP contribution in [-0.4, -0.2) is 32.9 Å². The lowest BCUT2D eigenvalue weighted by molar-refractivity contribution is 0.0224. The largest absolute Gasteiger partial charge is 0.444 e. The zero-order chi connectivity index (χ0) is 13.5. The van der Waals surface area contributed by atoms with Gasteiger partial charge in [0.25, 0.3) is 0 Å². The molecule has 0 spiro atoms. The van der Waals surface area contributed by atoms with Crippen molar-refractivity contribution in [3.63, 3.8) is 0 Å². The van der Waals surface area contributed by atoms with Gasteiger partial charge in [0.2, 0.25) is 0 Å². The normalized spacial score (nSPS) is 15.4. The van der Waals surface area contributed by atoms with Crippen molar-refractivity contribution in [2.45, 2.75) is 39.3 Å². The first kappa shape index (κ1) is 12.7. The number of carbonyl (C=O) groups excluding carboxylic acids is 1. The molecule has 0 atom stereocenters. The number of fused-ring (bicyclic) bond motifs is 1. The molecule has 0 radical (unpaired) electrons. The molecule has 0 fully saturated rings. The van der Waals surface area contributed by atoms with Gasteiger partial charge in [0, 0.05) is 25.6 Å². The van der Waals surface area contributed by atoms with E-state index in [0.29, 0.717) is 18.9 Å². The van der Waals surface area contributed by atoms with Crippen molar-refractivity contribution in [2.24, 2.45) is 7.05 Å². The van der Waals surface area contributed by atoms with Gasteiger partial charge in [-0.05, 0) is 20.8 Å². The highest BCUT2D eigenvalue weighted by molar-refractivity contribution is 5.69. The molecule has 100 valence electrons. The zero-order valence-electron chi connectivity index (χ0n) is 11.4. The number of nitrogens with zero attached hydrogens (tertiary/aromatic N) is 3. The summed E-state index contributed by atoms with van der Waals surface area (Å²) >= 11 is 0. The summed E-state index contributed by atoms with van der Waals surface area (Å²) in [5.41, 5.74) is 7.38. The van der Waals surface area contributed by atoms with Crippen molar-refractivity contribution >= 4 is 11.9 Å². The number of hydrogen-bond acceptors (Lipinski definition) is 4. The van der Waals surface area contributed by atoms with E-state index < -0.39 is 5.60 Å². The average molecular weight is 252 g/mol. The van der Waals surface area contributed by atoms with Gasteiger partial charge in [0.05, 0.1) is 12.2 Å². The highest BCUT2D eigenvalue weighted by Crippen LogP contribution is 2.24. The van der Waals surface area contributed by atoms with Gasteiger partial charge in [-0.15, -0.1) is 0 Å². The number of rotatable bonds is 0. The van der Waals surface area contributed by atoms with E-state index in [2.05, 4.69) is 5.10 Å². The molecule has 0 bridgehead atoms. The molecule has 1 aliphatic heterocycles. The first-order chi connectivity index (χ1) is 8.28. The second-order valence-electron chi connectivity index (χ2n) is 5.59. The van der Waals surface area contributed by atoms with Gasteiger partial charge in [0.1, 0.15) is 11.4 Å². The number of anilines is 1.